The standard InChI is InChI=1S/C12H14FN3/c13-12-5-9(6-14)1-2-10(12)7-16-4-3-11(15)8-16/h1-2,5,11H,3-4,7-8,15H2/t11-/m0/s1. The molecule has 1 heterocycles. The number of likely N-dealkylation sites (tertiary alicyclic amines) is 1. The van der Waals surface area contributed by atoms with Crippen molar-refractivity contribution < 1.29 is 4.39 Å². The zero-order valence-electron chi connectivity index (χ0n) is 8.99. The molecular weight excluding hydrogens is 205 g/mol. The van der Waals surface area contributed by atoms with E-state index in [0.717, 1.165) is 19.5 Å². The smallest absolute Gasteiger partial charge is 0.129 e. The highest BCUT2D eigenvalue weighted by Crippen LogP contribution is 2.15. The van der Waals surface area contributed by atoms with Gasteiger partial charge in [-0.2, -0.15) is 5.26 Å². The van der Waals surface area contributed by atoms with Crippen molar-refractivity contribution in [1.82, 2.24) is 4.90 Å². The summed E-state index contributed by atoms with van der Waals surface area (Å²) in [6.45, 7) is 2.31. The zero-order valence-corrected chi connectivity index (χ0v) is 8.99. The summed E-state index contributed by atoms with van der Waals surface area (Å²) in [5.74, 6) is -0.306. The fourth-order valence-corrected chi connectivity index (χ4v) is 1.99. The number of nitrogens with zero attached hydrogens (tertiary/aromatic N) is 2. The molecule has 3 nitrogen and oxygen atoms in total. The Morgan fingerprint density at radius 1 is 1.56 bits per heavy atom. The molecule has 0 saturated carbocycles. The molecule has 0 bridgehead atoms. The number of hydrogen-bond acceptors (Lipinski definition) is 3. The van der Waals surface area contributed by atoms with Crippen molar-refractivity contribution in [3.63, 3.8) is 0 Å². The van der Waals surface area contributed by atoms with Crippen LogP contribution in [0.1, 0.15) is 17.5 Å². The Morgan fingerprint density at radius 2 is 2.38 bits per heavy atom. The average Bonchev–Trinajstić information content (AvgIpc) is 2.67. The molecule has 0 spiro atoms. The summed E-state index contributed by atoms with van der Waals surface area (Å²) in [4.78, 5) is 2.13. The van der Waals surface area contributed by atoms with E-state index in [1.54, 1.807) is 12.1 Å². The van der Waals surface area contributed by atoms with E-state index in [9.17, 15) is 4.39 Å². The molecule has 1 aliphatic rings. The maximum Gasteiger partial charge on any atom is 0.129 e. The van der Waals surface area contributed by atoms with Gasteiger partial charge in [0.15, 0.2) is 0 Å². The van der Waals surface area contributed by atoms with Crippen molar-refractivity contribution >= 4 is 0 Å². The van der Waals surface area contributed by atoms with Gasteiger partial charge in [-0.05, 0) is 18.6 Å². The molecule has 0 aliphatic carbocycles. The number of nitrogens with two attached hydrogens (primary N) is 1. The molecule has 1 saturated heterocycles. The van der Waals surface area contributed by atoms with Gasteiger partial charge in [0.1, 0.15) is 5.82 Å². The van der Waals surface area contributed by atoms with Crippen molar-refractivity contribution in [2.75, 3.05) is 13.1 Å². The summed E-state index contributed by atoms with van der Waals surface area (Å²) >= 11 is 0. The fourth-order valence-electron chi connectivity index (χ4n) is 1.99. The van der Waals surface area contributed by atoms with Crippen LogP contribution < -0.4 is 5.73 Å². The summed E-state index contributed by atoms with van der Waals surface area (Å²) in [5, 5.41) is 8.63. The van der Waals surface area contributed by atoms with E-state index in [-0.39, 0.29) is 11.9 Å². The van der Waals surface area contributed by atoms with Gasteiger partial charge in [0, 0.05) is 31.2 Å². The number of nitriles is 1. The molecule has 0 unspecified atom stereocenters. The molecule has 1 aromatic carbocycles. The minimum atomic E-state index is -0.306. The first-order chi connectivity index (χ1) is 7.69. The third-order valence-electron chi connectivity index (χ3n) is 2.88. The van der Waals surface area contributed by atoms with Crippen LogP contribution in [0.4, 0.5) is 4.39 Å². The first-order valence-corrected chi connectivity index (χ1v) is 5.35. The van der Waals surface area contributed by atoms with E-state index >= 15 is 0 Å². The molecule has 1 fully saturated rings. The Hall–Kier alpha value is -1.44. The zero-order chi connectivity index (χ0) is 11.5. The molecule has 1 aromatic rings. The van der Waals surface area contributed by atoms with Crippen LogP contribution in [0.2, 0.25) is 0 Å². The number of benzene rings is 1. The van der Waals surface area contributed by atoms with Gasteiger partial charge in [-0.25, -0.2) is 4.39 Å². The SMILES string of the molecule is N#Cc1ccc(CN2CC[C@H](N)C2)c(F)c1. The van der Waals surface area contributed by atoms with Crippen molar-refractivity contribution in [1.29, 1.82) is 5.26 Å². The third kappa shape index (κ3) is 2.38. The second-order valence-corrected chi connectivity index (χ2v) is 4.20. The number of hydrogen-bond donors (Lipinski definition) is 1. The second-order valence-electron chi connectivity index (χ2n) is 4.20. The van der Waals surface area contributed by atoms with Crippen LogP contribution in [-0.4, -0.2) is 24.0 Å². The molecule has 0 aromatic heterocycles. The van der Waals surface area contributed by atoms with E-state index in [1.807, 2.05) is 6.07 Å². The lowest BCUT2D eigenvalue weighted by atomic mass is 10.1. The van der Waals surface area contributed by atoms with Crippen LogP contribution in [0.25, 0.3) is 0 Å². The van der Waals surface area contributed by atoms with Gasteiger partial charge in [-0.15, -0.1) is 0 Å². The maximum atomic E-state index is 13.6. The van der Waals surface area contributed by atoms with Gasteiger partial charge in [0.25, 0.3) is 0 Å². The molecule has 84 valence electrons. The molecule has 1 aliphatic heterocycles. The summed E-state index contributed by atoms with van der Waals surface area (Å²) in [7, 11) is 0. The Labute approximate surface area is 94.3 Å². The monoisotopic (exact) mass is 219 g/mol. The number of halogens is 1. The highest BCUT2D eigenvalue weighted by atomic mass is 19.1. The van der Waals surface area contributed by atoms with Crippen LogP contribution in [0.15, 0.2) is 18.2 Å². The summed E-state index contributed by atoms with van der Waals surface area (Å²) in [5.41, 5.74) is 6.78. The Bertz CT molecular complexity index is 425. The first-order valence-electron chi connectivity index (χ1n) is 5.35. The lowest BCUT2D eigenvalue weighted by molar-refractivity contribution is 0.321. The van der Waals surface area contributed by atoms with Gasteiger partial charge >= 0.3 is 0 Å². The highest BCUT2D eigenvalue weighted by Gasteiger charge is 2.19. The van der Waals surface area contributed by atoms with E-state index in [4.69, 9.17) is 11.0 Å². The Balaban J connectivity index is 2.08. The van der Waals surface area contributed by atoms with Gasteiger partial charge in [-0.1, -0.05) is 6.07 Å². The van der Waals surface area contributed by atoms with Crippen LogP contribution in [0.5, 0.6) is 0 Å². The normalized spacial score (nSPS) is 20.9. The average molecular weight is 219 g/mol. The molecule has 2 rings (SSSR count). The van der Waals surface area contributed by atoms with E-state index in [0.29, 0.717) is 17.7 Å². The lowest BCUT2D eigenvalue weighted by Gasteiger charge is -2.15. The van der Waals surface area contributed by atoms with E-state index in [2.05, 4.69) is 4.90 Å². The predicted molar refractivity (Wildman–Crippen MR) is 59.0 cm³/mol. The molecule has 2 N–H and O–H groups in total. The molecular formula is C12H14FN3. The van der Waals surface area contributed by atoms with Gasteiger partial charge in [0.2, 0.25) is 0 Å². The summed E-state index contributed by atoms with van der Waals surface area (Å²) in [6.07, 6.45) is 0.970. The van der Waals surface area contributed by atoms with Crippen molar-refractivity contribution in [2.45, 2.75) is 19.0 Å². The van der Waals surface area contributed by atoms with E-state index < -0.39 is 0 Å². The largest absolute Gasteiger partial charge is 0.326 e. The summed E-state index contributed by atoms with van der Waals surface area (Å²) in [6, 6.07) is 6.74. The lowest BCUT2D eigenvalue weighted by Crippen LogP contribution is -2.26. The minimum Gasteiger partial charge on any atom is -0.326 e. The van der Waals surface area contributed by atoms with Crippen molar-refractivity contribution in [3.05, 3.63) is 35.1 Å². The molecule has 0 amide bonds. The molecule has 4 heteroatoms. The number of rotatable bonds is 2. The second kappa shape index (κ2) is 4.60. The van der Waals surface area contributed by atoms with Gasteiger partial charge in [-0.3, -0.25) is 4.90 Å². The molecule has 16 heavy (non-hydrogen) atoms. The maximum absolute atomic E-state index is 13.6. The third-order valence-corrected chi connectivity index (χ3v) is 2.88. The van der Waals surface area contributed by atoms with Gasteiger partial charge < -0.3 is 5.73 Å². The van der Waals surface area contributed by atoms with E-state index in [1.165, 1.54) is 6.07 Å². The highest BCUT2D eigenvalue weighted by molar-refractivity contribution is 5.32. The van der Waals surface area contributed by atoms with Crippen LogP contribution >= 0.6 is 0 Å². The minimum absolute atomic E-state index is 0.210. The van der Waals surface area contributed by atoms with Crippen LogP contribution in [0, 0.1) is 17.1 Å². The quantitative estimate of drug-likeness (QED) is 0.814. The predicted octanol–water partition coefficient (Wildman–Crippen LogP) is 1.23. The van der Waals surface area contributed by atoms with Crippen molar-refractivity contribution in [3.8, 4) is 6.07 Å². The summed E-state index contributed by atoms with van der Waals surface area (Å²) < 4.78 is 13.6. The molecule has 0 radical (unpaired) electrons. The fraction of sp³-hybridized carbons (Fsp3) is 0.417. The Morgan fingerprint density at radius 3 is 2.94 bits per heavy atom. The molecule has 1 atom stereocenters. The Kier molecular flexibility index (Phi) is 3.18. The van der Waals surface area contributed by atoms with Crippen LogP contribution in [0.3, 0.4) is 0 Å². The van der Waals surface area contributed by atoms with Crippen molar-refractivity contribution in [2.24, 2.45) is 5.73 Å². The first kappa shape index (κ1) is 11.1. The topological polar surface area (TPSA) is 53.0 Å². The van der Waals surface area contributed by atoms with Crippen LogP contribution in [-0.2, 0) is 6.54 Å². The van der Waals surface area contributed by atoms with Gasteiger partial charge in [0.05, 0.1) is 11.6 Å².